The van der Waals surface area contributed by atoms with E-state index in [1.54, 1.807) is 0 Å². The van der Waals surface area contributed by atoms with E-state index in [2.05, 4.69) is 46.2 Å². The van der Waals surface area contributed by atoms with E-state index in [1.165, 1.54) is 30.4 Å². The summed E-state index contributed by atoms with van der Waals surface area (Å²) in [4.78, 5) is 4.52. The lowest BCUT2D eigenvalue weighted by atomic mass is 10.1. The summed E-state index contributed by atoms with van der Waals surface area (Å²) in [7, 11) is 0. The number of imidazole rings is 1. The average Bonchev–Trinajstić information content (AvgIpc) is 2.95. The molecule has 0 saturated carbocycles. The highest BCUT2D eigenvalue weighted by Crippen LogP contribution is 2.26. The normalized spacial score (nSPS) is 13.7. The minimum atomic E-state index is 0.938. The van der Waals surface area contributed by atoms with Gasteiger partial charge in [-0.15, -0.1) is 0 Å². The summed E-state index contributed by atoms with van der Waals surface area (Å²) in [6, 6.07) is 6.68. The minimum absolute atomic E-state index is 0.938. The molecular formula is C15H19N3. The fourth-order valence-electron chi connectivity index (χ4n) is 2.67. The molecule has 2 aromatic rings. The summed E-state index contributed by atoms with van der Waals surface area (Å²) >= 11 is 0. The van der Waals surface area contributed by atoms with E-state index in [-0.39, 0.29) is 0 Å². The molecule has 1 N–H and O–H groups in total. The second-order valence-corrected chi connectivity index (χ2v) is 4.95. The van der Waals surface area contributed by atoms with Crippen molar-refractivity contribution in [3.63, 3.8) is 0 Å². The van der Waals surface area contributed by atoms with Crippen LogP contribution in [0.25, 0.3) is 0 Å². The summed E-state index contributed by atoms with van der Waals surface area (Å²) in [5.41, 5.74) is 5.21. The van der Waals surface area contributed by atoms with Gasteiger partial charge in [-0.25, -0.2) is 4.98 Å². The second kappa shape index (κ2) is 4.48. The third kappa shape index (κ3) is 2.01. The van der Waals surface area contributed by atoms with Crippen LogP contribution in [-0.2, 0) is 19.4 Å². The Kier molecular flexibility index (Phi) is 2.82. The Morgan fingerprint density at radius 2 is 2.11 bits per heavy atom. The molecule has 0 spiro atoms. The molecule has 1 aromatic heterocycles. The van der Waals surface area contributed by atoms with Crippen molar-refractivity contribution < 1.29 is 0 Å². The van der Waals surface area contributed by atoms with E-state index in [0.29, 0.717) is 0 Å². The highest BCUT2D eigenvalue weighted by molar-refractivity contribution is 5.57. The van der Waals surface area contributed by atoms with Gasteiger partial charge in [-0.05, 0) is 56.4 Å². The SMILES string of the molecule is CCn1cc(C)nc1Nc1ccc2c(c1)CCC2. The molecule has 3 heteroatoms. The zero-order valence-corrected chi connectivity index (χ0v) is 11.0. The van der Waals surface area contributed by atoms with Crippen molar-refractivity contribution in [3.05, 3.63) is 41.2 Å². The summed E-state index contributed by atoms with van der Waals surface area (Å²) < 4.78 is 2.14. The number of anilines is 2. The molecule has 0 bridgehead atoms. The van der Waals surface area contributed by atoms with Crippen molar-refractivity contribution in [2.75, 3.05) is 5.32 Å². The molecule has 18 heavy (non-hydrogen) atoms. The van der Waals surface area contributed by atoms with Crippen LogP contribution in [0, 0.1) is 6.92 Å². The number of benzene rings is 1. The third-order valence-electron chi connectivity index (χ3n) is 3.59. The Bertz CT molecular complexity index is 569. The first-order chi connectivity index (χ1) is 8.76. The maximum absolute atomic E-state index is 4.52. The number of rotatable bonds is 3. The minimum Gasteiger partial charge on any atom is -0.326 e. The van der Waals surface area contributed by atoms with Gasteiger partial charge < -0.3 is 9.88 Å². The lowest BCUT2D eigenvalue weighted by Crippen LogP contribution is -2.01. The van der Waals surface area contributed by atoms with Crippen molar-refractivity contribution >= 4 is 11.6 Å². The molecule has 0 fully saturated rings. The lowest BCUT2D eigenvalue weighted by molar-refractivity contribution is 0.771. The van der Waals surface area contributed by atoms with Gasteiger partial charge in [0.15, 0.2) is 0 Å². The van der Waals surface area contributed by atoms with Gasteiger partial charge in [0.05, 0.1) is 5.69 Å². The van der Waals surface area contributed by atoms with Crippen molar-refractivity contribution in [3.8, 4) is 0 Å². The van der Waals surface area contributed by atoms with E-state index < -0.39 is 0 Å². The third-order valence-corrected chi connectivity index (χ3v) is 3.59. The molecule has 3 rings (SSSR count). The molecule has 1 aliphatic rings. The maximum Gasteiger partial charge on any atom is 0.207 e. The molecule has 1 aliphatic carbocycles. The molecule has 0 amide bonds. The number of nitrogens with zero attached hydrogens (tertiary/aromatic N) is 2. The Hall–Kier alpha value is -1.77. The number of aryl methyl sites for hydroxylation is 4. The molecule has 1 heterocycles. The lowest BCUT2D eigenvalue weighted by Gasteiger charge is -2.09. The molecule has 0 radical (unpaired) electrons. The molecule has 1 aromatic carbocycles. The largest absolute Gasteiger partial charge is 0.326 e. The maximum atomic E-state index is 4.52. The van der Waals surface area contributed by atoms with E-state index in [1.807, 2.05) is 6.92 Å². The topological polar surface area (TPSA) is 29.9 Å². The first kappa shape index (κ1) is 11.3. The summed E-state index contributed by atoms with van der Waals surface area (Å²) in [6.07, 6.45) is 5.82. The fraction of sp³-hybridized carbons (Fsp3) is 0.400. The quantitative estimate of drug-likeness (QED) is 0.892. The molecule has 3 nitrogen and oxygen atoms in total. The molecular weight excluding hydrogens is 222 g/mol. The average molecular weight is 241 g/mol. The number of nitrogens with one attached hydrogen (secondary N) is 1. The van der Waals surface area contributed by atoms with Crippen LogP contribution < -0.4 is 5.32 Å². The summed E-state index contributed by atoms with van der Waals surface area (Å²) in [5, 5.41) is 3.43. The van der Waals surface area contributed by atoms with Crippen LogP contribution in [0.15, 0.2) is 24.4 Å². The Balaban J connectivity index is 1.87. The van der Waals surface area contributed by atoms with E-state index in [4.69, 9.17) is 0 Å². The molecule has 0 atom stereocenters. The van der Waals surface area contributed by atoms with Gasteiger partial charge in [-0.1, -0.05) is 6.07 Å². The van der Waals surface area contributed by atoms with Crippen molar-refractivity contribution in [1.82, 2.24) is 9.55 Å². The van der Waals surface area contributed by atoms with Crippen LogP contribution in [0.5, 0.6) is 0 Å². The monoisotopic (exact) mass is 241 g/mol. The van der Waals surface area contributed by atoms with Crippen molar-refractivity contribution in [2.45, 2.75) is 39.7 Å². The highest BCUT2D eigenvalue weighted by Gasteiger charge is 2.11. The summed E-state index contributed by atoms with van der Waals surface area (Å²) in [5.74, 6) is 0.938. The Morgan fingerprint density at radius 1 is 1.28 bits per heavy atom. The van der Waals surface area contributed by atoms with Gasteiger partial charge >= 0.3 is 0 Å². The van der Waals surface area contributed by atoms with Gasteiger partial charge in [-0.2, -0.15) is 0 Å². The summed E-state index contributed by atoms with van der Waals surface area (Å²) in [6.45, 7) is 5.10. The number of hydrogen-bond donors (Lipinski definition) is 1. The predicted molar refractivity (Wildman–Crippen MR) is 74.4 cm³/mol. The zero-order valence-electron chi connectivity index (χ0n) is 11.0. The molecule has 94 valence electrons. The Labute approximate surface area is 108 Å². The van der Waals surface area contributed by atoms with E-state index in [9.17, 15) is 0 Å². The molecule has 0 unspecified atom stereocenters. The van der Waals surface area contributed by atoms with Gasteiger partial charge in [0.25, 0.3) is 0 Å². The number of fused-ring (bicyclic) bond motifs is 1. The van der Waals surface area contributed by atoms with Crippen LogP contribution in [0.1, 0.15) is 30.2 Å². The van der Waals surface area contributed by atoms with Crippen LogP contribution >= 0.6 is 0 Å². The van der Waals surface area contributed by atoms with Gasteiger partial charge in [0.2, 0.25) is 5.95 Å². The van der Waals surface area contributed by atoms with Crippen LogP contribution in [-0.4, -0.2) is 9.55 Å². The van der Waals surface area contributed by atoms with Crippen LogP contribution in [0.2, 0.25) is 0 Å². The van der Waals surface area contributed by atoms with Gasteiger partial charge in [0, 0.05) is 18.4 Å². The zero-order chi connectivity index (χ0) is 12.5. The predicted octanol–water partition coefficient (Wildman–Crippen LogP) is 3.44. The number of aromatic nitrogens is 2. The standard InChI is InChI=1S/C15H19N3/c1-3-18-10-11(2)16-15(18)17-14-8-7-12-5-4-6-13(12)9-14/h7-10H,3-6H2,1-2H3,(H,16,17). The molecule has 0 saturated heterocycles. The Morgan fingerprint density at radius 3 is 2.94 bits per heavy atom. The van der Waals surface area contributed by atoms with Crippen LogP contribution in [0.4, 0.5) is 11.6 Å². The highest BCUT2D eigenvalue weighted by atomic mass is 15.2. The van der Waals surface area contributed by atoms with Gasteiger partial charge in [-0.3, -0.25) is 0 Å². The van der Waals surface area contributed by atoms with Crippen molar-refractivity contribution in [2.24, 2.45) is 0 Å². The smallest absolute Gasteiger partial charge is 0.207 e. The van der Waals surface area contributed by atoms with E-state index in [0.717, 1.165) is 23.9 Å². The fourth-order valence-corrected chi connectivity index (χ4v) is 2.67. The second-order valence-electron chi connectivity index (χ2n) is 4.95. The van der Waals surface area contributed by atoms with E-state index >= 15 is 0 Å². The molecule has 0 aliphatic heterocycles. The first-order valence-electron chi connectivity index (χ1n) is 6.69. The van der Waals surface area contributed by atoms with Crippen molar-refractivity contribution in [1.29, 1.82) is 0 Å². The van der Waals surface area contributed by atoms with Crippen LogP contribution in [0.3, 0.4) is 0 Å². The first-order valence-corrected chi connectivity index (χ1v) is 6.69. The van der Waals surface area contributed by atoms with Gasteiger partial charge in [0.1, 0.15) is 0 Å². The number of hydrogen-bond acceptors (Lipinski definition) is 2.